The summed E-state index contributed by atoms with van der Waals surface area (Å²) in [5, 5.41) is 8.87. The molecule has 1 rings (SSSR count). The standard InChI is InChI=1S/C10H12O2.Ga/c1-6-4-5-7(2)9(8(6)3)10(11)12;/h4-5H,1-3H3,(H,11,12);. The number of aryl methyl sites for hydroxylation is 2. The Morgan fingerprint density at radius 3 is 2.00 bits per heavy atom. The second-order valence-corrected chi connectivity index (χ2v) is 3.00. The molecule has 2 nitrogen and oxygen atoms in total. The minimum atomic E-state index is -0.839. The Labute approximate surface area is 91.0 Å². The summed E-state index contributed by atoms with van der Waals surface area (Å²) >= 11 is 0. The van der Waals surface area contributed by atoms with Crippen LogP contribution in [-0.4, -0.2) is 30.9 Å². The molecule has 3 heteroatoms. The Kier molecular flexibility index (Phi) is 4.30. The van der Waals surface area contributed by atoms with E-state index in [1.165, 1.54) is 0 Å². The Morgan fingerprint density at radius 2 is 1.62 bits per heavy atom. The van der Waals surface area contributed by atoms with Crippen LogP contribution in [0.1, 0.15) is 27.0 Å². The van der Waals surface area contributed by atoms with E-state index < -0.39 is 5.97 Å². The van der Waals surface area contributed by atoms with Gasteiger partial charge in [-0.15, -0.1) is 0 Å². The van der Waals surface area contributed by atoms with Gasteiger partial charge in [-0.05, 0) is 37.5 Å². The van der Waals surface area contributed by atoms with Gasteiger partial charge in [0.15, 0.2) is 0 Å². The Bertz CT molecular complexity index is 332. The van der Waals surface area contributed by atoms with E-state index in [-0.39, 0.29) is 19.8 Å². The molecule has 1 N–H and O–H groups in total. The minimum absolute atomic E-state index is 0. The van der Waals surface area contributed by atoms with Gasteiger partial charge in [-0.25, -0.2) is 4.79 Å². The third-order valence-corrected chi connectivity index (χ3v) is 2.16. The molecule has 67 valence electrons. The molecular weight excluding hydrogens is 222 g/mol. The van der Waals surface area contributed by atoms with Crippen molar-refractivity contribution < 1.29 is 9.90 Å². The predicted molar refractivity (Wildman–Crippen MR) is 53.4 cm³/mol. The molecular formula is C10H12GaO2. The summed E-state index contributed by atoms with van der Waals surface area (Å²) in [4.78, 5) is 10.8. The van der Waals surface area contributed by atoms with Gasteiger partial charge in [0.1, 0.15) is 0 Å². The first-order chi connectivity index (χ1) is 5.54. The van der Waals surface area contributed by atoms with Crippen molar-refractivity contribution in [2.75, 3.05) is 0 Å². The topological polar surface area (TPSA) is 37.3 Å². The molecule has 0 bridgehead atoms. The van der Waals surface area contributed by atoms with Crippen LogP contribution < -0.4 is 0 Å². The van der Waals surface area contributed by atoms with Crippen LogP contribution in [0.5, 0.6) is 0 Å². The smallest absolute Gasteiger partial charge is 0.336 e. The number of rotatable bonds is 1. The molecule has 0 aliphatic rings. The van der Waals surface area contributed by atoms with E-state index in [1.807, 2.05) is 32.9 Å². The van der Waals surface area contributed by atoms with Gasteiger partial charge in [0.2, 0.25) is 0 Å². The summed E-state index contributed by atoms with van der Waals surface area (Å²) in [5.41, 5.74) is 3.15. The Balaban J connectivity index is 0.00000144. The fourth-order valence-electron chi connectivity index (χ4n) is 1.28. The summed E-state index contributed by atoms with van der Waals surface area (Å²) in [6.45, 7) is 5.57. The third-order valence-electron chi connectivity index (χ3n) is 2.16. The monoisotopic (exact) mass is 233 g/mol. The van der Waals surface area contributed by atoms with E-state index in [4.69, 9.17) is 5.11 Å². The Hall–Kier alpha value is -0.674. The van der Waals surface area contributed by atoms with Crippen molar-refractivity contribution in [3.63, 3.8) is 0 Å². The zero-order valence-corrected chi connectivity index (χ0v) is 10.5. The molecule has 0 heterocycles. The van der Waals surface area contributed by atoms with Crippen LogP contribution in [0.15, 0.2) is 12.1 Å². The van der Waals surface area contributed by atoms with Crippen LogP contribution in [0.2, 0.25) is 0 Å². The van der Waals surface area contributed by atoms with Crippen molar-refractivity contribution >= 4 is 25.8 Å². The molecule has 3 radical (unpaired) electrons. The summed E-state index contributed by atoms with van der Waals surface area (Å²) in [6.07, 6.45) is 0. The first kappa shape index (κ1) is 12.3. The molecule has 0 atom stereocenters. The molecule has 0 saturated carbocycles. The van der Waals surface area contributed by atoms with Crippen LogP contribution >= 0.6 is 0 Å². The molecule has 0 aliphatic heterocycles. The van der Waals surface area contributed by atoms with Crippen LogP contribution in [0, 0.1) is 20.8 Å². The van der Waals surface area contributed by atoms with Gasteiger partial charge in [-0.2, -0.15) is 0 Å². The van der Waals surface area contributed by atoms with Gasteiger partial charge in [0.25, 0.3) is 0 Å². The number of carbonyl (C=O) groups is 1. The number of carboxylic acids is 1. The summed E-state index contributed by atoms with van der Waals surface area (Å²) < 4.78 is 0. The molecule has 0 spiro atoms. The molecule has 0 unspecified atom stereocenters. The van der Waals surface area contributed by atoms with Crippen molar-refractivity contribution in [3.05, 3.63) is 34.4 Å². The molecule has 1 aromatic rings. The second kappa shape index (κ2) is 4.53. The van der Waals surface area contributed by atoms with Gasteiger partial charge < -0.3 is 5.11 Å². The van der Waals surface area contributed by atoms with Crippen molar-refractivity contribution in [1.82, 2.24) is 0 Å². The molecule has 0 amide bonds. The number of hydrogen-bond acceptors (Lipinski definition) is 1. The number of hydrogen-bond donors (Lipinski definition) is 1. The van der Waals surface area contributed by atoms with E-state index >= 15 is 0 Å². The van der Waals surface area contributed by atoms with Gasteiger partial charge in [-0.1, -0.05) is 12.1 Å². The zero-order chi connectivity index (χ0) is 9.30. The predicted octanol–water partition coefficient (Wildman–Crippen LogP) is 1.93. The van der Waals surface area contributed by atoms with E-state index in [0.717, 1.165) is 16.7 Å². The SMILES string of the molecule is Cc1ccc(C)c(C(=O)O)c1C.[Ga]. The molecule has 13 heavy (non-hydrogen) atoms. The average Bonchev–Trinajstić information content (AvgIpc) is 1.97. The number of aromatic carboxylic acids is 1. The first-order valence-electron chi connectivity index (χ1n) is 3.84. The van der Waals surface area contributed by atoms with Crippen molar-refractivity contribution in [1.29, 1.82) is 0 Å². The van der Waals surface area contributed by atoms with E-state index in [2.05, 4.69) is 0 Å². The maximum Gasteiger partial charge on any atom is 0.336 e. The molecule has 1 aromatic carbocycles. The van der Waals surface area contributed by atoms with Crippen LogP contribution in [0.25, 0.3) is 0 Å². The third kappa shape index (κ3) is 2.38. The summed E-state index contributed by atoms with van der Waals surface area (Å²) in [5.74, 6) is -0.839. The van der Waals surface area contributed by atoms with E-state index in [9.17, 15) is 4.79 Å². The van der Waals surface area contributed by atoms with E-state index in [1.54, 1.807) is 0 Å². The van der Waals surface area contributed by atoms with Crippen LogP contribution in [0.4, 0.5) is 0 Å². The molecule has 0 saturated heterocycles. The fourth-order valence-corrected chi connectivity index (χ4v) is 1.28. The van der Waals surface area contributed by atoms with Crippen LogP contribution in [0.3, 0.4) is 0 Å². The van der Waals surface area contributed by atoms with Gasteiger partial charge in [0.05, 0.1) is 5.56 Å². The maximum absolute atomic E-state index is 10.8. The number of carboxylic acid groups (broad SMARTS) is 1. The zero-order valence-electron chi connectivity index (χ0n) is 8.09. The fraction of sp³-hybridized carbons (Fsp3) is 0.300. The largest absolute Gasteiger partial charge is 0.478 e. The van der Waals surface area contributed by atoms with E-state index in [0.29, 0.717) is 5.56 Å². The summed E-state index contributed by atoms with van der Waals surface area (Å²) in [7, 11) is 0. The van der Waals surface area contributed by atoms with Crippen molar-refractivity contribution in [2.45, 2.75) is 20.8 Å². The van der Waals surface area contributed by atoms with Gasteiger partial charge in [-0.3, -0.25) is 0 Å². The van der Waals surface area contributed by atoms with Gasteiger partial charge >= 0.3 is 5.97 Å². The van der Waals surface area contributed by atoms with Crippen molar-refractivity contribution in [3.8, 4) is 0 Å². The quantitative estimate of drug-likeness (QED) is 0.753. The average molecular weight is 234 g/mol. The molecule has 0 aromatic heterocycles. The molecule has 0 aliphatic carbocycles. The minimum Gasteiger partial charge on any atom is -0.478 e. The first-order valence-corrected chi connectivity index (χ1v) is 3.84. The summed E-state index contributed by atoms with van der Waals surface area (Å²) in [6, 6.07) is 3.78. The second-order valence-electron chi connectivity index (χ2n) is 3.00. The van der Waals surface area contributed by atoms with Crippen molar-refractivity contribution in [2.24, 2.45) is 0 Å². The maximum atomic E-state index is 10.8. The Morgan fingerprint density at radius 1 is 1.15 bits per heavy atom. The number of benzene rings is 1. The normalized spacial score (nSPS) is 9.15. The van der Waals surface area contributed by atoms with Crippen LogP contribution in [-0.2, 0) is 0 Å². The molecule has 0 fully saturated rings. The van der Waals surface area contributed by atoms with Gasteiger partial charge in [0, 0.05) is 19.8 Å².